The SMILES string of the molecule is Cc1nc(NC(=O)C2CC2)sc1Cc1cccc(C(F)(F)F)c1. The van der Waals surface area contributed by atoms with E-state index >= 15 is 0 Å². The maximum absolute atomic E-state index is 12.8. The molecule has 0 atom stereocenters. The second-order valence-corrected chi connectivity index (χ2v) is 6.75. The van der Waals surface area contributed by atoms with E-state index in [0.717, 1.165) is 35.5 Å². The van der Waals surface area contributed by atoms with E-state index in [-0.39, 0.29) is 11.8 Å². The Morgan fingerprint density at radius 1 is 1.39 bits per heavy atom. The first-order valence-corrected chi connectivity index (χ1v) is 8.08. The molecule has 0 saturated heterocycles. The fraction of sp³-hybridized carbons (Fsp3) is 0.375. The topological polar surface area (TPSA) is 42.0 Å². The minimum absolute atomic E-state index is 0.0237. The third-order valence-corrected chi connectivity index (χ3v) is 4.76. The van der Waals surface area contributed by atoms with Gasteiger partial charge in [-0.05, 0) is 31.4 Å². The van der Waals surface area contributed by atoms with Crippen molar-refractivity contribution in [2.24, 2.45) is 5.92 Å². The van der Waals surface area contributed by atoms with Gasteiger partial charge in [-0.25, -0.2) is 4.98 Å². The lowest BCUT2D eigenvalue weighted by Gasteiger charge is -2.08. The summed E-state index contributed by atoms with van der Waals surface area (Å²) in [6.07, 6.45) is -2.16. The molecule has 0 unspecified atom stereocenters. The number of alkyl halides is 3. The standard InChI is InChI=1S/C16H15F3N2OS/c1-9-13(23-15(20-9)21-14(22)11-5-6-11)8-10-3-2-4-12(7-10)16(17,18)19/h2-4,7,11H,5-6,8H2,1H3,(H,20,21,22). The first kappa shape index (κ1) is 16.0. The number of thiazole rings is 1. The van der Waals surface area contributed by atoms with Crippen LogP contribution in [0.3, 0.4) is 0 Å². The smallest absolute Gasteiger partial charge is 0.302 e. The number of carbonyl (C=O) groups is 1. The number of amides is 1. The van der Waals surface area contributed by atoms with Crippen LogP contribution >= 0.6 is 11.3 Å². The van der Waals surface area contributed by atoms with Gasteiger partial charge in [0.05, 0.1) is 11.3 Å². The van der Waals surface area contributed by atoms with Gasteiger partial charge in [0, 0.05) is 17.2 Å². The fourth-order valence-electron chi connectivity index (χ4n) is 2.24. The minimum atomic E-state index is -4.35. The van der Waals surface area contributed by atoms with Gasteiger partial charge < -0.3 is 5.32 Å². The lowest BCUT2D eigenvalue weighted by molar-refractivity contribution is -0.137. The van der Waals surface area contributed by atoms with Gasteiger partial charge in [-0.1, -0.05) is 18.2 Å². The van der Waals surface area contributed by atoms with Crippen LogP contribution in [0.5, 0.6) is 0 Å². The predicted octanol–water partition coefficient (Wildman–Crippen LogP) is 4.41. The molecule has 1 aliphatic carbocycles. The Morgan fingerprint density at radius 3 is 2.78 bits per heavy atom. The van der Waals surface area contributed by atoms with Crippen LogP contribution in [0.2, 0.25) is 0 Å². The van der Waals surface area contributed by atoms with E-state index in [1.54, 1.807) is 13.0 Å². The highest BCUT2D eigenvalue weighted by atomic mass is 32.1. The van der Waals surface area contributed by atoms with Crippen LogP contribution in [0.25, 0.3) is 0 Å². The van der Waals surface area contributed by atoms with E-state index in [2.05, 4.69) is 10.3 Å². The monoisotopic (exact) mass is 340 g/mol. The number of carbonyl (C=O) groups excluding carboxylic acids is 1. The van der Waals surface area contributed by atoms with Gasteiger partial charge in [-0.15, -0.1) is 11.3 Å². The molecule has 2 aromatic rings. The molecule has 1 aromatic heterocycles. The summed E-state index contributed by atoms with van der Waals surface area (Å²) in [4.78, 5) is 16.9. The number of halogens is 3. The number of benzene rings is 1. The second-order valence-electron chi connectivity index (χ2n) is 5.67. The average Bonchev–Trinajstić information content (AvgIpc) is 3.25. The highest BCUT2D eigenvalue weighted by Crippen LogP contribution is 2.33. The number of nitrogens with zero attached hydrogens (tertiary/aromatic N) is 1. The minimum Gasteiger partial charge on any atom is -0.302 e. The summed E-state index contributed by atoms with van der Waals surface area (Å²) in [5.41, 5.74) is 0.657. The number of aromatic nitrogens is 1. The fourth-order valence-corrected chi connectivity index (χ4v) is 3.24. The van der Waals surface area contributed by atoms with E-state index < -0.39 is 11.7 Å². The van der Waals surface area contributed by atoms with Crippen molar-refractivity contribution in [1.29, 1.82) is 0 Å². The molecule has 1 amide bonds. The van der Waals surface area contributed by atoms with Gasteiger partial charge in [0.25, 0.3) is 0 Å². The zero-order chi connectivity index (χ0) is 16.6. The molecule has 23 heavy (non-hydrogen) atoms. The van der Waals surface area contributed by atoms with E-state index in [1.165, 1.54) is 17.4 Å². The Bertz CT molecular complexity index is 735. The van der Waals surface area contributed by atoms with Crippen LogP contribution in [0.4, 0.5) is 18.3 Å². The van der Waals surface area contributed by atoms with Crippen LogP contribution in [0.15, 0.2) is 24.3 Å². The first-order valence-electron chi connectivity index (χ1n) is 7.26. The summed E-state index contributed by atoms with van der Waals surface area (Å²) in [6.45, 7) is 1.80. The molecule has 1 N–H and O–H groups in total. The number of nitrogens with one attached hydrogen (secondary N) is 1. The van der Waals surface area contributed by atoms with Gasteiger partial charge in [0.2, 0.25) is 5.91 Å². The summed E-state index contributed by atoms with van der Waals surface area (Å²) in [6, 6.07) is 5.28. The quantitative estimate of drug-likeness (QED) is 0.896. The summed E-state index contributed by atoms with van der Waals surface area (Å²) < 4.78 is 38.3. The molecule has 0 aliphatic heterocycles. The summed E-state index contributed by atoms with van der Waals surface area (Å²) >= 11 is 1.32. The van der Waals surface area contributed by atoms with Crippen molar-refractivity contribution in [2.75, 3.05) is 5.32 Å². The number of rotatable bonds is 4. The zero-order valence-electron chi connectivity index (χ0n) is 12.4. The zero-order valence-corrected chi connectivity index (χ0v) is 13.2. The molecule has 1 aromatic carbocycles. The molecule has 0 spiro atoms. The number of anilines is 1. The Morgan fingerprint density at radius 2 is 2.13 bits per heavy atom. The number of hydrogen-bond acceptors (Lipinski definition) is 3. The van der Waals surface area contributed by atoms with Gasteiger partial charge in [0.15, 0.2) is 5.13 Å². The lowest BCUT2D eigenvalue weighted by atomic mass is 10.1. The normalized spacial score (nSPS) is 14.8. The van der Waals surface area contributed by atoms with Crippen LogP contribution < -0.4 is 5.32 Å². The Labute approximate surface area is 135 Å². The van der Waals surface area contributed by atoms with Crippen molar-refractivity contribution in [3.05, 3.63) is 46.0 Å². The van der Waals surface area contributed by atoms with Gasteiger partial charge in [-0.3, -0.25) is 4.79 Å². The van der Waals surface area contributed by atoms with E-state index in [4.69, 9.17) is 0 Å². The van der Waals surface area contributed by atoms with Crippen molar-refractivity contribution in [1.82, 2.24) is 4.98 Å². The Kier molecular flexibility index (Phi) is 4.14. The predicted molar refractivity (Wildman–Crippen MR) is 82.5 cm³/mol. The summed E-state index contributed by atoms with van der Waals surface area (Å²) in [7, 11) is 0. The van der Waals surface area contributed by atoms with Crippen molar-refractivity contribution < 1.29 is 18.0 Å². The van der Waals surface area contributed by atoms with Crippen molar-refractivity contribution in [3.63, 3.8) is 0 Å². The molecular weight excluding hydrogens is 325 g/mol. The molecule has 1 fully saturated rings. The van der Waals surface area contributed by atoms with E-state index in [1.807, 2.05) is 0 Å². The second kappa shape index (κ2) is 5.96. The van der Waals surface area contributed by atoms with Crippen LogP contribution in [0, 0.1) is 12.8 Å². The van der Waals surface area contributed by atoms with Gasteiger partial charge in [-0.2, -0.15) is 13.2 Å². The highest BCUT2D eigenvalue weighted by molar-refractivity contribution is 7.15. The average molecular weight is 340 g/mol. The van der Waals surface area contributed by atoms with Crippen LogP contribution in [0.1, 0.15) is 34.5 Å². The maximum Gasteiger partial charge on any atom is 0.416 e. The highest BCUT2D eigenvalue weighted by Gasteiger charge is 2.31. The molecular formula is C16H15F3N2OS. The molecule has 1 heterocycles. The van der Waals surface area contributed by atoms with E-state index in [0.29, 0.717) is 17.1 Å². The van der Waals surface area contributed by atoms with Crippen molar-refractivity contribution >= 4 is 22.4 Å². The van der Waals surface area contributed by atoms with Gasteiger partial charge in [0.1, 0.15) is 0 Å². The maximum atomic E-state index is 12.8. The van der Waals surface area contributed by atoms with Crippen LogP contribution in [-0.2, 0) is 17.4 Å². The Hall–Kier alpha value is -1.89. The van der Waals surface area contributed by atoms with E-state index in [9.17, 15) is 18.0 Å². The third kappa shape index (κ3) is 3.90. The summed E-state index contributed by atoms with van der Waals surface area (Å²) in [5, 5.41) is 3.29. The number of aryl methyl sites for hydroxylation is 1. The number of hydrogen-bond donors (Lipinski definition) is 1. The molecule has 3 rings (SSSR count). The van der Waals surface area contributed by atoms with Crippen LogP contribution in [-0.4, -0.2) is 10.9 Å². The third-order valence-electron chi connectivity index (χ3n) is 3.69. The van der Waals surface area contributed by atoms with Gasteiger partial charge >= 0.3 is 6.18 Å². The Balaban J connectivity index is 1.75. The molecule has 1 saturated carbocycles. The summed E-state index contributed by atoms with van der Waals surface area (Å²) in [5.74, 6) is 0.0653. The first-order chi connectivity index (χ1) is 10.8. The molecule has 3 nitrogen and oxygen atoms in total. The molecule has 7 heteroatoms. The molecule has 0 bridgehead atoms. The molecule has 0 radical (unpaired) electrons. The van der Waals surface area contributed by atoms with Crippen molar-refractivity contribution in [3.8, 4) is 0 Å². The lowest BCUT2D eigenvalue weighted by Crippen LogP contribution is -2.12. The molecule has 1 aliphatic rings. The van der Waals surface area contributed by atoms with Crippen molar-refractivity contribution in [2.45, 2.75) is 32.4 Å². The molecule has 122 valence electrons. The largest absolute Gasteiger partial charge is 0.416 e.